The highest BCUT2D eigenvalue weighted by atomic mass is 16.7. The summed E-state index contributed by atoms with van der Waals surface area (Å²) in [5.41, 5.74) is 1.39. The number of hydrogen-bond acceptors (Lipinski definition) is 4. The SMILES string of the molecule is C=CC/C(=N\OC(C)=O)c1ccccc1OC. The van der Waals surface area contributed by atoms with E-state index in [4.69, 9.17) is 4.74 Å². The van der Waals surface area contributed by atoms with Gasteiger partial charge < -0.3 is 9.57 Å². The van der Waals surface area contributed by atoms with Gasteiger partial charge in [0, 0.05) is 18.9 Å². The summed E-state index contributed by atoms with van der Waals surface area (Å²) in [6.45, 7) is 4.95. The number of nitrogens with zero attached hydrogens (tertiary/aromatic N) is 1. The summed E-state index contributed by atoms with van der Waals surface area (Å²) in [5.74, 6) is 0.224. The van der Waals surface area contributed by atoms with E-state index >= 15 is 0 Å². The molecule has 0 unspecified atom stereocenters. The Morgan fingerprint density at radius 2 is 2.18 bits per heavy atom. The van der Waals surface area contributed by atoms with Gasteiger partial charge in [0.05, 0.1) is 12.8 Å². The van der Waals surface area contributed by atoms with Gasteiger partial charge in [0.1, 0.15) is 5.75 Å². The van der Waals surface area contributed by atoms with Crippen LogP contribution in [0.25, 0.3) is 0 Å². The molecule has 0 heterocycles. The zero-order valence-corrected chi connectivity index (χ0v) is 9.97. The molecule has 0 aliphatic carbocycles. The van der Waals surface area contributed by atoms with Crippen LogP contribution in [0.15, 0.2) is 42.1 Å². The molecule has 1 aromatic rings. The lowest BCUT2D eigenvalue weighted by molar-refractivity contribution is -0.140. The summed E-state index contributed by atoms with van der Waals surface area (Å²) in [6, 6.07) is 7.40. The van der Waals surface area contributed by atoms with Crippen molar-refractivity contribution in [2.45, 2.75) is 13.3 Å². The number of carbonyl (C=O) groups excluding carboxylic acids is 1. The van der Waals surface area contributed by atoms with Gasteiger partial charge in [-0.05, 0) is 12.1 Å². The average molecular weight is 233 g/mol. The third-order valence-corrected chi connectivity index (χ3v) is 2.04. The minimum Gasteiger partial charge on any atom is -0.496 e. The molecule has 0 bridgehead atoms. The van der Waals surface area contributed by atoms with Crippen LogP contribution in [-0.4, -0.2) is 18.8 Å². The number of oxime groups is 1. The van der Waals surface area contributed by atoms with Gasteiger partial charge in [0.25, 0.3) is 0 Å². The predicted molar refractivity (Wildman–Crippen MR) is 66.1 cm³/mol. The van der Waals surface area contributed by atoms with Crippen LogP contribution in [0.3, 0.4) is 0 Å². The Balaban J connectivity index is 3.08. The molecule has 0 aliphatic heterocycles. The van der Waals surface area contributed by atoms with Crippen LogP contribution in [0.1, 0.15) is 18.9 Å². The largest absolute Gasteiger partial charge is 0.496 e. The summed E-state index contributed by atoms with van der Waals surface area (Å²) >= 11 is 0. The zero-order valence-electron chi connectivity index (χ0n) is 9.97. The fourth-order valence-electron chi connectivity index (χ4n) is 1.34. The molecular formula is C13H15NO3. The van der Waals surface area contributed by atoms with Crippen molar-refractivity contribution in [2.75, 3.05) is 7.11 Å². The maximum atomic E-state index is 10.8. The fourth-order valence-corrected chi connectivity index (χ4v) is 1.34. The van der Waals surface area contributed by atoms with Crippen LogP contribution in [0.5, 0.6) is 5.75 Å². The fraction of sp³-hybridized carbons (Fsp3) is 0.231. The quantitative estimate of drug-likeness (QED) is 0.340. The average Bonchev–Trinajstić information content (AvgIpc) is 2.34. The molecule has 0 saturated heterocycles. The van der Waals surface area contributed by atoms with Crippen molar-refractivity contribution in [3.05, 3.63) is 42.5 Å². The highest BCUT2D eigenvalue weighted by Crippen LogP contribution is 2.20. The minimum atomic E-state index is -0.457. The van der Waals surface area contributed by atoms with E-state index in [-0.39, 0.29) is 0 Å². The molecule has 0 N–H and O–H groups in total. The smallest absolute Gasteiger partial charge is 0.331 e. The highest BCUT2D eigenvalue weighted by Gasteiger charge is 2.09. The Labute approximate surface area is 101 Å². The first-order valence-corrected chi connectivity index (χ1v) is 5.17. The lowest BCUT2D eigenvalue weighted by Gasteiger charge is -2.08. The number of ether oxygens (including phenoxy) is 1. The first-order chi connectivity index (χ1) is 8.19. The Hall–Kier alpha value is -2.10. The Morgan fingerprint density at radius 3 is 2.76 bits per heavy atom. The van der Waals surface area contributed by atoms with Crippen LogP contribution in [0, 0.1) is 0 Å². The van der Waals surface area contributed by atoms with Crippen molar-refractivity contribution >= 4 is 11.7 Å². The Morgan fingerprint density at radius 1 is 1.47 bits per heavy atom. The number of allylic oxidation sites excluding steroid dienone is 1. The highest BCUT2D eigenvalue weighted by molar-refractivity contribution is 6.03. The van der Waals surface area contributed by atoms with E-state index in [0.717, 1.165) is 5.56 Å². The van der Waals surface area contributed by atoms with E-state index in [1.165, 1.54) is 6.92 Å². The topological polar surface area (TPSA) is 47.9 Å². The number of methoxy groups -OCH3 is 1. The molecule has 0 spiro atoms. The molecule has 0 aromatic heterocycles. The molecule has 0 aliphatic rings. The van der Waals surface area contributed by atoms with Crippen LogP contribution in [0.2, 0.25) is 0 Å². The number of para-hydroxylation sites is 1. The van der Waals surface area contributed by atoms with Gasteiger partial charge in [0.2, 0.25) is 0 Å². The monoisotopic (exact) mass is 233 g/mol. The van der Waals surface area contributed by atoms with E-state index in [9.17, 15) is 4.79 Å². The summed E-state index contributed by atoms with van der Waals surface area (Å²) in [4.78, 5) is 15.4. The summed E-state index contributed by atoms with van der Waals surface area (Å²) < 4.78 is 5.22. The third-order valence-electron chi connectivity index (χ3n) is 2.04. The normalized spacial score (nSPS) is 10.8. The van der Waals surface area contributed by atoms with Crippen molar-refractivity contribution in [2.24, 2.45) is 5.16 Å². The van der Waals surface area contributed by atoms with Gasteiger partial charge in [-0.2, -0.15) is 0 Å². The van der Waals surface area contributed by atoms with Crippen molar-refractivity contribution in [1.82, 2.24) is 0 Å². The maximum Gasteiger partial charge on any atom is 0.331 e. The van der Waals surface area contributed by atoms with Gasteiger partial charge in [-0.1, -0.05) is 23.4 Å². The Kier molecular flexibility index (Phi) is 4.94. The van der Waals surface area contributed by atoms with Gasteiger partial charge >= 0.3 is 5.97 Å². The molecule has 0 radical (unpaired) electrons. The van der Waals surface area contributed by atoms with E-state index in [0.29, 0.717) is 17.9 Å². The second kappa shape index (κ2) is 6.48. The standard InChI is InChI=1S/C13H15NO3/c1-4-7-12(14-17-10(2)15)11-8-5-6-9-13(11)16-3/h4-6,8-9H,1,7H2,2-3H3/b14-12+. The summed E-state index contributed by atoms with van der Waals surface area (Å²) in [7, 11) is 1.58. The van der Waals surface area contributed by atoms with Crippen molar-refractivity contribution in [3.63, 3.8) is 0 Å². The minimum absolute atomic E-state index is 0.457. The van der Waals surface area contributed by atoms with E-state index < -0.39 is 5.97 Å². The number of rotatable bonds is 5. The predicted octanol–water partition coefficient (Wildman–Crippen LogP) is 2.54. The Bertz CT molecular complexity index is 438. The molecule has 1 aromatic carbocycles. The number of carbonyl (C=O) groups is 1. The van der Waals surface area contributed by atoms with E-state index in [2.05, 4.69) is 16.6 Å². The van der Waals surface area contributed by atoms with E-state index in [1.54, 1.807) is 13.2 Å². The summed E-state index contributed by atoms with van der Waals surface area (Å²) in [5, 5.41) is 3.81. The van der Waals surface area contributed by atoms with Gasteiger partial charge in [0.15, 0.2) is 0 Å². The molecule has 0 fully saturated rings. The molecule has 4 nitrogen and oxygen atoms in total. The number of benzene rings is 1. The first kappa shape index (κ1) is 13.0. The van der Waals surface area contributed by atoms with Gasteiger partial charge in [-0.15, -0.1) is 6.58 Å². The second-order valence-corrected chi connectivity index (χ2v) is 3.31. The molecule has 1 rings (SSSR count). The van der Waals surface area contributed by atoms with Crippen LogP contribution < -0.4 is 4.74 Å². The van der Waals surface area contributed by atoms with Gasteiger partial charge in [-0.25, -0.2) is 4.79 Å². The van der Waals surface area contributed by atoms with Gasteiger partial charge in [-0.3, -0.25) is 0 Å². The molecule has 4 heteroatoms. The molecule has 0 saturated carbocycles. The maximum absolute atomic E-state index is 10.8. The zero-order chi connectivity index (χ0) is 12.7. The van der Waals surface area contributed by atoms with E-state index in [1.807, 2.05) is 24.3 Å². The molecule has 90 valence electrons. The lowest BCUT2D eigenvalue weighted by atomic mass is 10.1. The second-order valence-electron chi connectivity index (χ2n) is 3.31. The van der Waals surface area contributed by atoms with Crippen LogP contribution >= 0.6 is 0 Å². The van der Waals surface area contributed by atoms with Crippen LogP contribution in [0.4, 0.5) is 0 Å². The molecular weight excluding hydrogens is 218 g/mol. The number of hydrogen-bond donors (Lipinski definition) is 0. The van der Waals surface area contributed by atoms with Crippen molar-refractivity contribution < 1.29 is 14.4 Å². The first-order valence-electron chi connectivity index (χ1n) is 5.17. The third kappa shape index (κ3) is 3.75. The van der Waals surface area contributed by atoms with Crippen molar-refractivity contribution in [1.29, 1.82) is 0 Å². The molecule has 0 amide bonds. The van der Waals surface area contributed by atoms with Crippen LogP contribution in [-0.2, 0) is 9.63 Å². The lowest BCUT2D eigenvalue weighted by Crippen LogP contribution is -2.05. The summed E-state index contributed by atoms with van der Waals surface area (Å²) in [6.07, 6.45) is 2.18. The molecule has 17 heavy (non-hydrogen) atoms. The molecule has 0 atom stereocenters. The van der Waals surface area contributed by atoms with Crippen molar-refractivity contribution in [3.8, 4) is 5.75 Å².